The van der Waals surface area contributed by atoms with E-state index in [0.29, 0.717) is 22.2 Å². The van der Waals surface area contributed by atoms with Crippen LogP contribution in [-0.2, 0) is 4.79 Å². The third kappa shape index (κ3) is 4.83. The van der Waals surface area contributed by atoms with Crippen molar-refractivity contribution in [3.8, 4) is 11.6 Å². The number of thioether (sulfide) groups is 1. The third-order valence-corrected chi connectivity index (χ3v) is 6.56. The molecular weight excluding hydrogens is 512 g/mol. The Morgan fingerprint density at radius 3 is 2.53 bits per heavy atom. The van der Waals surface area contributed by atoms with Crippen LogP contribution in [-0.4, -0.2) is 26.3 Å². The number of halogens is 1. The zero-order valence-electron chi connectivity index (χ0n) is 17.9. The Hall–Kier alpha value is -3.62. The first-order chi connectivity index (χ1) is 16.6. The lowest BCUT2D eigenvalue weighted by atomic mass is 10.2. The smallest absolute Gasteiger partial charge is 0.234 e. The van der Waals surface area contributed by atoms with Gasteiger partial charge >= 0.3 is 0 Å². The van der Waals surface area contributed by atoms with E-state index in [9.17, 15) is 9.90 Å². The summed E-state index contributed by atoms with van der Waals surface area (Å²) in [5, 5.41) is 16.3. The van der Waals surface area contributed by atoms with E-state index in [-0.39, 0.29) is 17.5 Å². The number of imidazole rings is 1. The van der Waals surface area contributed by atoms with Gasteiger partial charge in [0, 0.05) is 15.4 Å². The van der Waals surface area contributed by atoms with Crippen LogP contribution in [0.5, 0.6) is 5.88 Å². The molecule has 2 heterocycles. The Labute approximate surface area is 208 Å². The van der Waals surface area contributed by atoms with Gasteiger partial charge in [0.05, 0.1) is 22.5 Å². The van der Waals surface area contributed by atoms with E-state index in [4.69, 9.17) is 0 Å². The van der Waals surface area contributed by atoms with Crippen molar-refractivity contribution in [2.45, 2.75) is 5.16 Å². The normalized spacial score (nSPS) is 13.3. The van der Waals surface area contributed by atoms with Gasteiger partial charge in [-0.15, -0.1) is 0 Å². The summed E-state index contributed by atoms with van der Waals surface area (Å²) in [6.45, 7) is 0. The van der Waals surface area contributed by atoms with Crippen molar-refractivity contribution in [2.24, 2.45) is 4.99 Å². The van der Waals surface area contributed by atoms with Crippen LogP contribution >= 0.6 is 27.7 Å². The van der Waals surface area contributed by atoms with Crippen molar-refractivity contribution in [3.05, 3.63) is 105 Å². The maximum absolute atomic E-state index is 12.5. The number of aromatic hydroxyl groups is 1. The van der Waals surface area contributed by atoms with Crippen LogP contribution in [0.2, 0.25) is 0 Å². The zero-order valence-corrected chi connectivity index (χ0v) is 20.3. The molecule has 8 heteroatoms. The molecule has 0 bridgehead atoms. The van der Waals surface area contributed by atoms with Crippen molar-refractivity contribution in [1.29, 1.82) is 0 Å². The molecular formula is C26H19BrN4O2S. The SMILES string of the molecule is O=C(CSc1nc(C=C2C=c3ccccc3=N2)c(O)n1-c1ccccc1)Nc1ccc(Br)cc1. The lowest BCUT2D eigenvalue weighted by Gasteiger charge is -2.09. The van der Waals surface area contributed by atoms with Crippen molar-refractivity contribution < 1.29 is 9.90 Å². The number of anilines is 1. The Bertz CT molecular complexity index is 1480. The summed E-state index contributed by atoms with van der Waals surface area (Å²) in [6.07, 6.45) is 3.70. The van der Waals surface area contributed by atoms with Crippen molar-refractivity contribution in [3.63, 3.8) is 0 Å². The minimum atomic E-state index is -0.163. The molecule has 0 radical (unpaired) electrons. The van der Waals surface area contributed by atoms with Gasteiger partial charge in [-0.05, 0) is 54.6 Å². The third-order valence-electron chi connectivity index (χ3n) is 5.10. The second-order valence-electron chi connectivity index (χ2n) is 7.50. The van der Waals surface area contributed by atoms with Crippen molar-refractivity contribution in [2.75, 3.05) is 11.1 Å². The maximum Gasteiger partial charge on any atom is 0.234 e. The highest BCUT2D eigenvalue weighted by molar-refractivity contribution is 9.10. The molecule has 0 saturated heterocycles. The molecule has 0 unspecified atom stereocenters. The number of carbonyl (C=O) groups is 1. The molecule has 1 aliphatic rings. The van der Waals surface area contributed by atoms with E-state index in [1.54, 1.807) is 10.6 Å². The molecule has 3 aromatic carbocycles. The number of hydrogen-bond donors (Lipinski definition) is 2. The van der Waals surface area contributed by atoms with Gasteiger partial charge < -0.3 is 10.4 Å². The number of allylic oxidation sites excluding steroid dienone is 1. The highest BCUT2D eigenvalue weighted by Gasteiger charge is 2.19. The fourth-order valence-corrected chi connectivity index (χ4v) is 4.61. The van der Waals surface area contributed by atoms with Crippen LogP contribution in [0, 0.1) is 0 Å². The predicted octanol–water partition coefficient (Wildman–Crippen LogP) is 4.53. The van der Waals surface area contributed by atoms with Crippen molar-refractivity contribution in [1.82, 2.24) is 9.55 Å². The molecule has 0 aliphatic carbocycles. The number of amides is 1. The monoisotopic (exact) mass is 530 g/mol. The van der Waals surface area contributed by atoms with E-state index in [1.807, 2.05) is 84.9 Å². The average molecular weight is 531 g/mol. The Morgan fingerprint density at radius 1 is 1.03 bits per heavy atom. The summed E-state index contributed by atoms with van der Waals surface area (Å²) in [5.41, 5.74) is 2.57. The minimum absolute atomic E-state index is 0.00549. The van der Waals surface area contributed by atoms with Gasteiger partial charge in [-0.3, -0.25) is 9.36 Å². The van der Waals surface area contributed by atoms with Gasteiger partial charge in [-0.1, -0.05) is 64.1 Å². The summed E-state index contributed by atoms with van der Waals surface area (Å²) in [5.74, 6) is -0.0323. The molecule has 1 aliphatic heterocycles. The number of nitrogens with zero attached hydrogens (tertiary/aromatic N) is 3. The quantitative estimate of drug-likeness (QED) is 0.359. The molecule has 34 heavy (non-hydrogen) atoms. The molecule has 2 N–H and O–H groups in total. The van der Waals surface area contributed by atoms with Crippen LogP contribution in [0.4, 0.5) is 5.69 Å². The Morgan fingerprint density at radius 2 is 1.76 bits per heavy atom. The Balaban J connectivity index is 1.43. The molecule has 0 atom stereocenters. The molecule has 0 spiro atoms. The van der Waals surface area contributed by atoms with E-state index >= 15 is 0 Å². The minimum Gasteiger partial charge on any atom is -0.493 e. The molecule has 1 aromatic heterocycles. The maximum atomic E-state index is 12.5. The summed E-state index contributed by atoms with van der Waals surface area (Å²) in [7, 11) is 0. The first-order valence-electron chi connectivity index (χ1n) is 10.5. The lowest BCUT2D eigenvalue weighted by Crippen LogP contribution is -2.19. The van der Waals surface area contributed by atoms with Crippen LogP contribution in [0.15, 0.2) is 99.2 Å². The summed E-state index contributed by atoms with van der Waals surface area (Å²) < 4.78 is 2.59. The molecule has 0 saturated carbocycles. The fourth-order valence-electron chi connectivity index (χ4n) is 3.53. The predicted molar refractivity (Wildman–Crippen MR) is 138 cm³/mol. The van der Waals surface area contributed by atoms with E-state index < -0.39 is 0 Å². The number of para-hydroxylation sites is 2. The molecule has 4 aromatic rings. The largest absolute Gasteiger partial charge is 0.493 e. The second-order valence-corrected chi connectivity index (χ2v) is 9.36. The van der Waals surface area contributed by atoms with E-state index in [2.05, 4.69) is 31.2 Å². The van der Waals surface area contributed by atoms with Crippen LogP contribution in [0.3, 0.4) is 0 Å². The number of carbonyl (C=O) groups excluding carboxylic acids is 1. The van der Waals surface area contributed by atoms with Gasteiger partial charge in [0.25, 0.3) is 0 Å². The summed E-state index contributed by atoms with van der Waals surface area (Å²) >= 11 is 4.64. The first-order valence-corrected chi connectivity index (χ1v) is 12.3. The number of nitrogens with one attached hydrogen (secondary N) is 1. The summed E-state index contributed by atoms with van der Waals surface area (Å²) in [6, 6.07) is 24.7. The lowest BCUT2D eigenvalue weighted by molar-refractivity contribution is -0.113. The highest BCUT2D eigenvalue weighted by atomic mass is 79.9. The van der Waals surface area contributed by atoms with E-state index in [1.165, 1.54) is 11.8 Å². The topological polar surface area (TPSA) is 79.5 Å². The van der Waals surface area contributed by atoms with Gasteiger partial charge in [-0.25, -0.2) is 9.98 Å². The van der Waals surface area contributed by atoms with Crippen molar-refractivity contribution >= 4 is 51.4 Å². The number of hydrogen-bond acceptors (Lipinski definition) is 5. The number of rotatable bonds is 6. The second kappa shape index (κ2) is 9.70. The van der Waals surface area contributed by atoms with E-state index in [0.717, 1.165) is 20.7 Å². The Kier molecular flexibility index (Phi) is 6.33. The molecule has 168 valence electrons. The summed E-state index contributed by atoms with van der Waals surface area (Å²) in [4.78, 5) is 21.8. The van der Waals surface area contributed by atoms with Crippen LogP contribution < -0.4 is 15.9 Å². The van der Waals surface area contributed by atoms with Gasteiger partial charge in [0.15, 0.2) is 5.16 Å². The molecule has 0 fully saturated rings. The van der Waals surface area contributed by atoms with Crippen LogP contribution in [0.25, 0.3) is 17.8 Å². The van der Waals surface area contributed by atoms with Crippen LogP contribution in [0.1, 0.15) is 5.69 Å². The molecule has 5 rings (SSSR count). The van der Waals surface area contributed by atoms with Gasteiger partial charge in [0.2, 0.25) is 11.8 Å². The van der Waals surface area contributed by atoms with Gasteiger partial charge in [0.1, 0.15) is 5.69 Å². The average Bonchev–Trinajstić information content (AvgIpc) is 3.40. The molecule has 6 nitrogen and oxygen atoms in total. The number of aromatic nitrogens is 2. The number of fused-ring (bicyclic) bond motifs is 1. The standard InChI is InChI=1S/C26H19BrN4O2S/c27-18-10-12-19(13-11-18)29-24(32)16-34-26-30-23(25(33)31(26)21-7-2-1-3-8-21)15-20-14-17-6-4-5-9-22(17)28-20/h1-15,33H,16H2,(H,29,32). The number of benzene rings is 3. The van der Waals surface area contributed by atoms with Gasteiger partial charge in [-0.2, -0.15) is 0 Å². The first kappa shape index (κ1) is 22.2. The zero-order chi connectivity index (χ0) is 23.5. The fraction of sp³-hybridized carbons (Fsp3) is 0.0385. The molecule has 1 amide bonds. The highest BCUT2D eigenvalue weighted by Crippen LogP contribution is 2.32.